The van der Waals surface area contributed by atoms with Crippen molar-refractivity contribution in [1.29, 1.82) is 0 Å². The number of hydrogen-bond acceptors (Lipinski definition) is 4. The topological polar surface area (TPSA) is 64.2 Å². The quantitative estimate of drug-likeness (QED) is 0.827. The zero-order valence-electron chi connectivity index (χ0n) is 10.2. The van der Waals surface area contributed by atoms with Gasteiger partial charge in [0, 0.05) is 0 Å². The highest BCUT2D eigenvalue weighted by molar-refractivity contribution is 6.08. The molecule has 1 aliphatic heterocycles. The van der Waals surface area contributed by atoms with Crippen molar-refractivity contribution in [2.75, 3.05) is 5.73 Å². The fraction of sp³-hybridized carbons (Fsp3) is 0.583. The largest absolute Gasteiger partial charge is 0.383 e. The Morgan fingerprint density at radius 3 is 2.44 bits per heavy atom. The molecule has 16 heavy (non-hydrogen) atoms. The Bertz CT molecular complexity index is 435. The Labute approximate surface area is 96.0 Å². The van der Waals surface area contributed by atoms with Gasteiger partial charge < -0.3 is 5.73 Å². The van der Waals surface area contributed by atoms with Gasteiger partial charge in [-0.05, 0) is 11.8 Å². The van der Waals surface area contributed by atoms with Crippen LogP contribution in [-0.2, 0) is 0 Å². The Morgan fingerprint density at radius 1 is 1.19 bits per heavy atom. The van der Waals surface area contributed by atoms with Gasteiger partial charge in [-0.1, -0.05) is 27.7 Å². The third kappa shape index (κ3) is 1.58. The Balaban J connectivity index is 2.58. The monoisotopic (exact) mass is 218 g/mol. The molecule has 0 saturated heterocycles. The summed E-state index contributed by atoms with van der Waals surface area (Å²) in [4.78, 5) is 13.2. The van der Waals surface area contributed by atoms with Crippen molar-refractivity contribution < 1.29 is 0 Å². The van der Waals surface area contributed by atoms with Crippen LogP contribution in [0.2, 0.25) is 0 Å². The van der Waals surface area contributed by atoms with Crippen molar-refractivity contribution >= 4 is 11.5 Å². The van der Waals surface area contributed by atoms with Gasteiger partial charge in [-0.3, -0.25) is 4.99 Å². The number of nitrogens with zero attached hydrogens (tertiary/aromatic N) is 3. The van der Waals surface area contributed by atoms with E-state index >= 15 is 0 Å². The van der Waals surface area contributed by atoms with Gasteiger partial charge in [0.05, 0.1) is 23.0 Å². The summed E-state index contributed by atoms with van der Waals surface area (Å²) in [5, 5.41) is 0. The molecule has 0 fully saturated rings. The number of nitrogens with two attached hydrogens (primary N) is 1. The summed E-state index contributed by atoms with van der Waals surface area (Å²) in [6, 6.07) is 0.137. The molecule has 4 heteroatoms. The molecule has 0 aliphatic carbocycles. The summed E-state index contributed by atoms with van der Waals surface area (Å²) < 4.78 is 0. The van der Waals surface area contributed by atoms with Crippen molar-refractivity contribution in [2.24, 2.45) is 16.8 Å². The average molecular weight is 218 g/mol. The van der Waals surface area contributed by atoms with E-state index in [0.717, 1.165) is 17.0 Å². The molecule has 1 unspecified atom stereocenters. The number of anilines is 1. The molecule has 2 heterocycles. The van der Waals surface area contributed by atoms with Crippen LogP contribution in [0.1, 0.15) is 45.0 Å². The minimum atomic E-state index is 0.137. The predicted molar refractivity (Wildman–Crippen MR) is 65.4 cm³/mol. The second-order valence-electron chi connectivity index (χ2n) is 4.88. The van der Waals surface area contributed by atoms with Crippen LogP contribution in [0.5, 0.6) is 0 Å². The summed E-state index contributed by atoms with van der Waals surface area (Å²) in [6.07, 6.45) is 1.53. The number of aromatic nitrogens is 2. The van der Waals surface area contributed by atoms with Crippen LogP contribution < -0.4 is 5.73 Å². The van der Waals surface area contributed by atoms with Gasteiger partial charge in [-0.2, -0.15) is 0 Å². The molecule has 0 aromatic carbocycles. The van der Waals surface area contributed by atoms with E-state index in [1.165, 1.54) is 6.33 Å². The SMILES string of the molecule is CC(C)C1=NC(C(C)C)c2ncnc(N)c21. The molecule has 4 nitrogen and oxygen atoms in total. The number of hydrogen-bond donors (Lipinski definition) is 1. The van der Waals surface area contributed by atoms with E-state index in [-0.39, 0.29) is 6.04 Å². The fourth-order valence-electron chi connectivity index (χ4n) is 2.08. The van der Waals surface area contributed by atoms with Crippen LogP contribution in [0.3, 0.4) is 0 Å². The van der Waals surface area contributed by atoms with Crippen molar-refractivity contribution in [3.8, 4) is 0 Å². The van der Waals surface area contributed by atoms with Crippen LogP contribution >= 0.6 is 0 Å². The Kier molecular flexibility index (Phi) is 2.66. The van der Waals surface area contributed by atoms with Crippen LogP contribution in [0, 0.1) is 11.8 Å². The molecule has 1 atom stereocenters. The summed E-state index contributed by atoms with van der Waals surface area (Å²) in [5.41, 5.74) is 8.94. The van der Waals surface area contributed by atoms with Gasteiger partial charge in [0.1, 0.15) is 12.1 Å². The first-order chi connectivity index (χ1) is 7.52. The fourth-order valence-corrected chi connectivity index (χ4v) is 2.08. The first kappa shape index (κ1) is 11.0. The van der Waals surface area contributed by atoms with E-state index in [4.69, 9.17) is 10.7 Å². The number of rotatable bonds is 2. The lowest BCUT2D eigenvalue weighted by atomic mass is 9.97. The summed E-state index contributed by atoms with van der Waals surface area (Å²) >= 11 is 0. The summed E-state index contributed by atoms with van der Waals surface area (Å²) in [5.74, 6) is 1.35. The summed E-state index contributed by atoms with van der Waals surface area (Å²) in [7, 11) is 0. The van der Waals surface area contributed by atoms with E-state index in [9.17, 15) is 0 Å². The van der Waals surface area contributed by atoms with Crippen molar-refractivity contribution in [3.63, 3.8) is 0 Å². The highest BCUT2D eigenvalue weighted by Crippen LogP contribution is 2.36. The van der Waals surface area contributed by atoms with E-state index in [0.29, 0.717) is 17.7 Å². The highest BCUT2D eigenvalue weighted by Gasteiger charge is 2.31. The Morgan fingerprint density at radius 2 is 1.88 bits per heavy atom. The van der Waals surface area contributed by atoms with E-state index in [1.54, 1.807) is 0 Å². The average Bonchev–Trinajstić information content (AvgIpc) is 2.58. The summed E-state index contributed by atoms with van der Waals surface area (Å²) in [6.45, 7) is 8.55. The molecule has 0 saturated carbocycles. The lowest BCUT2D eigenvalue weighted by Gasteiger charge is -2.11. The smallest absolute Gasteiger partial charge is 0.136 e. The molecule has 2 rings (SSSR count). The molecule has 2 N–H and O–H groups in total. The second-order valence-corrected chi connectivity index (χ2v) is 4.88. The van der Waals surface area contributed by atoms with Crippen LogP contribution in [0.25, 0.3) is 0 Å². The van der Waals surface area contributed by atoms with E-state index in [2.05, 4.69) is 37.7 Å². The minimum absolute atomic E-state index is 0.137. The highest BCUT2D eigenvalue weighted by atomic mass is 15.0. The second kappa shape index (κ2) is 3.85. The molecule has 0 bridgehead atoms. The third-order valence-corrected chi connectivity index (χ3v) is 2.90. The van der Waals surface area contributed by atoms with Gasteiger partial charge in [-0.15, -0.1) is 0 Å². The molecule has 1 aromatic heterocycles. The molecule has 0 amide bonds. The van der Waals surface area contributed by atoms with Gasteiger partial charge in [0.25, 0.3) is 0 Å². The standard InChI is InChI=1S/C12H18N4/c1-6(2)9-8-11(10(16-9)7(3)4)14-5-15-12(8)13/h5-7,10H,1-4H3,(H2,13,14,15). The van der Waals surface area contributed by atoms with Crippen molar-refractivity contribution in [3.05, 3.63) is 17.6 Å². The maximum absolute atomic E-state index is 5.93. The van der Waals surface area contributed by atoms with Crippen LogP contribution in [0.4, 0.5) is 5.82 Å². The molecule has 86 valence electrons. The zero-order chi connectivity index (χ0) is 11.9. The van der Waals surface area contributed by atoms with Gasteiger partial charge in [-0.25, -0.2) is 9.97 Å². The normalized spacial score (nSPS) is 19.1. The van der Waals surface area contributed by atoms with Gasteiger partial charge in [0.15, 0.2) is 0 Å². The molecular weight excluding hydrogens is 200 g/mol. The number of fused-ring (bicyclic) bond motifs is 1. The van der Waals surface area contributed by atoms with Gasteiger partial charge in [0.2, 0.25) is 0 Å². The first-order valence-electron chi connectivity index (χ1n) is 5.70. The lowest BCUT2D eigenvalue weighted by Crippen LogP contribution is -2.12. The van der Waals surface area contributed by atoms with E-state index in [1.807, 2.05) is 0 Å². The van der Waals surface area contributed by atoms with Crippen LogP contribution in [-0.4, -0.2) is 15.7 Å². The number of aliphatic imine (C=N–C) groups is 1. The van der Waals surface area contributed by atoms with Crippen molar-refractivity contribution in [1.82, 2.24) is 9.97 Å². The number of nitrogen functional groups attached to an aromatic ring is 1. The molecule has 1 aliphatic rings. The zero-order valence-corrected chi connectivity index (χ0v) is 10.2. The van der Waals surface area contributed by atoms with Crippen LogP contribution in [0.15, 0.2) is 11.3 Å². The maximum atomic E-state index is 5.93. The molecule has 0 spiro atoms. The maximum Gasteiger partial charge on any atom is 0.136 e. The molecule has 1 aromatic rings. The lowest BCUT2D eigenvalue weighted by molar-refractivity contribution is 0.512. The van der Waals surface area contributed by atoms with E-state index < -0.39 is 0 Å². The predicted octanol–water partition coefficient (Wildman–Crippen LogP) is 2.21. The van der Waals surface area contributed by atoms with Crippen molar-refractivity contribution in [2.45, 2.75) is 33.7 Å². The minimum Gasteiger partial charge on any atom is -0.383 e. The first-order valence-corrected chi connectivity index (χ1v) is 5.70. The molecule has 0 radical (unpaired) electrons. The van der Waals surface area contributed by atoms with Gasteiger partial charge >= 0.3 is 0 Å². The molecular formula is C12H18N4. The third-order valence-electron chi connectivity index (χ3n) is 2.90. The Hall–Kier alpha value is -1.45.